The summed E-state index contributed by atoms with van der Waals surface area (Å²) >= 11 is 1.43. The van der Waals surface area contributed by atoms with Gasteiger partial charge >= 0.3 is 0 Å². The van der Waals surface area contributed by atoms with Gasteiger partial charge in [0.2, 0.25) is 0 Å². The summed E-state index contributed by atoms with van der Waals surface area (Å²) in [4.78, 5) is 29.3. The first kappa shape index (κ1) is 22.3. The van der Waals surface area contributed by atoms with E-state index in [0.717, 1.165) is 52.7 Å². The van der Waals surface area contributed by atoms with Gasteiger partial charge in [-0.1, -0.05) is 18.2 Å². The maximum atomic E-state index is 13.4. The fourth-order valence-corrected chi connectivity index (χ4v) is 5.37. The molecule has 0 radical (unpaired) electrons. The van der Waals surface area contributed by atoms with Gasteiger partial charge in [-0.25, -0.2) is 9.97 Å². The maximum Gasteiger partial charge on any atom is 0.265 e. The van der Waals surface area contributed by atoms with Gasteiger partial charge in [0.05, 0.1) is 24.9 Å². The number of methoxy groups -OCH3 is 1. The molecule has 1 unspecified atom stereocenters. The molecule has 1 amide bonds. The molecule has 3 aromatic heterocycles. The van der Waals surface area contributed by atoms with E-state index in [0.29, 0.717) is 23.7 Å². The zero-order valence-corrected chi connectivity index (χ0v) is 20.0. The Morgan fingerprint density at radius 1 is 1.24 bits per heavy atom. The van der Waals surface area contributed by atoms with Crippen LogP contribution in [0.2, 0.25) is 0 Å². The highest BCUT2D eigenvalue weighted by molar-refractivity contribution is 7.17. The molecule has 1 aliphatic rings. The second-order valence-corrected chi connectivity index (χ2v) is 9.42. The summed E-state index contributed by atoms with van der Waals surface area (Å²) in [6.45, 7) is 3.21. The molecule has 7 nitrogen and oxygen atoms in total. The predicted octanol–water partition coefficient (Wildman–Crippen LogP) is 5.12. The van der Waals surface area contributed by atoms with Gasteiger partial charge < -0.3 is 14.1 Å². The number of piperidine rings is 1. The van der Waals surface area contributed by atoms with Crippen molar-refractivity contribution in [3.63, 3.8) is 0 Å². The van der Waals surface area contributed by atoms with Gasteiger partial charge in [-0.05, 0) is 38.0 Å². The highest BCUT2D eigenvalue weighted by Gasteiger charge is 2.30. The Bertz CT molecular complexity index is 1280. The van der Waals surface area contributed by atoms with Crippen molar-refractivity contribution in [1.29, 1.82) is 0 Å². The van der Waals surface area contributed by atoms with Crippen LogP contribution in [0, 0.1) is 6.92 Å². The number of hydrogen-bond donors (Lipinski definition) is 0. The molecule has 0 bridgehead atoms. The number of ether oxygens (including phenoxy) is 1. The van der Waals surface area contributed by atoms with Crippen LogP contribution in [0.4, 0.5) is 0 Å². The standard InChI is InChI=1S/C26H26N4O3S/c1-17-23(34-25(29-17)19-8-5-11-27-14-19)26(31)30-12-6-9-20(16-30)24-28-15-21(33-24)13-18-7-3-4-10-22(18)32-2/h3-5,7-8,10-11,14-15,20H,6,9,12-13,16H2,1-2H3. The summed E-state index contributed by atoms with van der Waals surface area (Å²) in [5, 5.41) is 0.816. The van der Waals surface area contributed by atoms with E-state index in [2.05, 4.69) is 15.0 Å². The Balaban J connectivity index is 1.29. The van der Waals surface area contributed by atoms with Gasteiger partial charge in [0.1, 0.15) is 21.4 Å². The number of rotatable bonds is 6. The minimum absolute atomic E-state index is 0.0237. The van der Waals surface area contributed by atoms with Crippen LogP contribution in [0.1, 0.15) is 51.3 Å². The third-order valence-electron chi connectivity index (χ3n) is 6.09. The third kappa shape index (κ3) is 4.59. The maximum absolute atomic E-state index is 13.4. The van der Waals surface area contributed by atoms with E-state index in [1.807, 2.05) is 48.2 Å². The molecule has 0 spiro atoms. The van der Waals surface area contributed by atoms with Crippen molar-refractivity contribution in [2.75, 3.05) is 20.2 Å². The summed E-state index contributed by atoms with van der Waals surface area (Å²) in [6.07, 6.45) is 7.76. The van der Waals surface area contributed by atoms with Crippen LogP contribution in [-0.2, 0) is 6.42 Å². The zero-order chi connectivity index (χ0) is 23.5. The number of aryl methyl sites for hydroxylation is 1. The molecule has 4 heterocycles. The van der Waals surface area contributed by atoms with Gasteiger partial charge in [-0.2, -0.15) is 0 Å². The van der Waals surface area contributed by atoms with Crippen molar-refractivity contribution in [3.05, 3.63) is 82.8 Å². The zero-order valence-electron chi connectivity index (χ0n) is 19.2. The summed E-state index contributed by atoms with van der Waals surface area (Å²) in [5.74, 6) is 2.42. The second-order valence-electron chi connectivity index (χ2n) is 8.42. The lowest BCUT2D eigenvalue weighted by Crippen LogP contribution is -2.39. The van der Waals surface area contributed by atoms with Crippen LogP contribution in [0.5, 0.6) is 5.75 Å². The molecule has 0 N–H and O–H groups in total. The molecule has 0 aliphatic carbocycles. The predicted molar refractivity (Wildman–Crippen MR) is 130 cm³/mol. The molecule has 1 aromatic carbocycles. The van der Waals surface area contributed by atoms with E-state index >= 15 is 0 Å². The van der Waals surface area contributed by atoms with Crippen molar-refractivity contribution >= 4 is 17.2 Å². The van der Waals surface area contributed by atoms with E-state index in [9.17, 15) is 4.79 Å². The van der Waals surface area contributed by atoms with Crippen molar-refractivity contribution in [2.24, 2.45) is 0 Å². The Morgan fingerprint density at radius 3 is 2.94 bits per heavy atom. The first-order chi connectivity index (χ1) is 16.6. The number of nitrogens with zero attached hydrogens (tertiary/aromatic N) is 4. The lowest BCUT2D eigenvalue weighted by molar-refractivity contribution is 0.0702. The van der Waals surface area contributed by atoms with E-state index < -0.39 is 0 Å². The van der Waals surface area contributed by atoms with E-state index in [1.165, 1.54) is 11.3 Å². The van der Waals surface area contributed by atoms with Gasteiger partial charge in [-0.3, -0.25) is 9.78 Å². The summed E-state index contributed by atoms with van der Waals surface area (Å²) < 4.78 is 11.6. The van der Waals surface area contributed by atoms with Gasteiger partial charge in [0.15, 0.2) is 5.89 Å². The number of likely N-dealkylation sites (tertiary alicyclic amines) is 1. The van der Waals surface area contributed by atoms with Gasteiger partial charge in [-0.15, -0.1) is 11.3 Å². The molecule has 8 heteroatoms. The number of carbonyl (C=O) groups is 1. The van der Waals surface area contributed by atoms with Crippen LogP contribution in [0.25, 0.3) is 10.6 Å². The summed E-state index contributed by atoms with van der Waals surface area (Å²) in [7, 11) is 1.67. The largest absolute Gasteiger partial charge is 0.496 e. The van der Waals surface area contributed by atoms with E-state index in [4.69, 9.17) is 9.15 Å². The number of aromatic nitrogens is 3. The number of carbonyl (C=O) groups excluding carboxylic acids is 1. The molecule has 1 saturated heterocycles. The first-order valence-corrected chi connectivity index (χ1v) is 12.2. The molecule has 4 aromatic rings. The molecule has 5 rings (SSSR count). The lowest BCUT2D eigenvalue weighted by Gasteiger charge is -2.31. The highest BCUT2D eigenvalue weighted by atomic mass is 32.1. The highest BCUT2D eigenvalue weighted by Crippen LogP contribution is 2.32. The molecular formula is C26H26N4O3S. The Hall–Kier alpha value is -3.52. The number of hydrogen-bond acceptors (Lipinski definition) is 7. The number of amides is 1. The van der Waals surface area contributed by atoms with Crippen LogP contribution in [-0.4, -0.2) is 46.0 Å². The van der Waals surface area contributed by atoms with Crippen molar-refractivity contribution in [1.82, 2.24) is 19.9 Å². The number of oxazole rings is 1. The lowest BCUT2D eigenvalue weighted by atomic mass is 9.98. The fraction of sp³-hybridized carbons (Fsp3) is 0.308. The van der Waals surface area contributed by atoms with Crippen LogP contribution >= 0.6 is 11.3 Å². The summed E-state index contributed by atoms with van der Waals surface area (Å²) in [6, 6.07) is 11.7. The SMILES string of the molecule is COc1ccccc1Cc1cnc(C2CCCN(C(=O)c3sc(-c4cccnc4)nc3C)C2)o1. The van der Waals surface area contributed by atoms with E-state index in [-0.39, 0.29) is 11.8 Å². The van der Waals surface area contributed by atoms with Crippen LogP contribution < -0.4 is 4.74 Å². The number of thiazole rings is 1. The quantitative estimate of drug-likeness (QED) is 0.386. The molecule has 1 atom stereocenters. The smallest absolute Gasteiger partial charge is 0.265 e. The molecular weight excluding hydrogens is 448 g/mol. The molecule has 1 fully saturated rings. The van der Waals surface area contributed by atoms with Crippen LogP contribution in [0.15, 0.2) is 59.4 Å². The minimum atomic E-state index is 0.0237. The topological polar surface area (TPSA) is 81.4 Å². The molecule has 1 aliphatic heterocycles. The third-order valence-corrected chi connectivity index (χ3v) is 7.28. The normalized spacial score (nSPS) is 15.9. The van der Waals surface area contributed by atoms with Crippen LogP contribution in [0.3, 0.4) is 0 Å². The second kappa shape index (κ2) is 9.77. The fourth-order valence-electron chi connectivity index (χ4n) is 4.34. The average Bonchev–Trinajstić information content (AvgIpc) is 3.51. The number of pyridine rings is 1. The Kier molecular flexibility index (Phi) is 6.40. The molecule has 174 valence electrons. The average molecular weight is 475 g/mol. The van der Waals surface area contributed by atoms with Crippen molar-refractivity contribution < 1.29 is 13.9 Å². The minimum Gasteiger partial charge on any atom is -0.496 e. The first-order valence-electron chi connectivity index (χ1n) is 11.4. The number of para-hydroxylation sites is 1. The number of benzene rings is 1. The molecule has 0 saturated carbocycles. The Labute approximate surface area is 202 Å². The monoisotopic (exact) mass is 474 g/mol. The van der Waals surface area contributed by atoms with Gasteiger partial charge in [0.25, 0.3) is 5.91 Å². The summed E-state index contributed by atoms with van der Waals surface area (Å²) in [5.41, 5.74) is 2.73. The van der Waals surface area contributed by atoms with Crippen molar-refractivity contribution in [2.45, 2.75) is 32.1 Å². The van der Waals surface area contributed by atoms with E-state index in [1.54, 1.807) is 25.7 Å². The Morgan fingerprint density at radius 2 is 2.12 bits per heavy atom. The van der Waals surface area contributed by atoms with Crippen molar-refractivity contribution in [3.8, 4) is 16.3 Å². The molecule has 34 heavy (non-hydrogen) atoms. The van der Waals surface area contributed by atoms with Gasteiger partial charge in [0, 0.05) is 43.0 Å².